The molecule has 18 heavy (non-hydrogen) atoms. The fourth-order valence-electron chi connectivity index (χ4n) is 2.11. The zero-order valence-corrected chi connectivity index (χ0v) is 10.7. The lowest BCUT2D eigenvalue weighted by Crippen LogP contribution is -2.26. The molecule has 0 aliphatic heterocycles. The molecule has 1 heterocycles. The average molecular weight is 247 g/mol. The molecule has 2 fully saturated rings. The number of aromatic nitrogens is 1. The molecule has 4 heteroatoms. The Morgan fingerprint density at radius 1 is 1.28 bits per heavy atom. The molecular formula is C14H21N3O. The minimum Gasteiger partial charge on any atom is -0.353 e. The van der Waals surface area contributed by atoms with Crippen LogP contribution in [0, 0.1) is 0 Å². The van der Waals surface area contributed by atoms with Crippen LogP contribution in [0.25, 0.3) is 0 Å². The van der Waals surface area contributed by atoms with Gasteiger partial charge in [-0.3, -0.25) is 4.79 Å². The first kappa shape index (κ1) is 11.8. The summed E-state index contributed by atoms with van der Waals surface area (Å²) in [5.74, 6) is 0.187. The quantitative estimate of drug-likeness (QED) is 0.765. The first-order valence-corrected chi connectivity index (χ1v) is 6.98. The highest BCUT2D eigenvalue weighted by molar-refractivity contribution is 5.76. The zero-order chi connectivity index (χ0) is 12.4. The van der Waals surface area contributed by atoms with Crippen molar-refractivity contribution < 1.29 is 4.79 Å². The molecule has 0 saturated heterocycles. The van der Waals surface area contributed by atoms with Crippen molar-refractivity contribution in [3.63, 3.8) is 0 Å². The molecule has 0 unspecified atom stereocenters. The second kappa shape index (κ2) is 5.14. The summed E-state index contributed by atoms with van der Waals surface area (Å²) in [7, 11) is 0. The van der Waals surface area contributed by atoms with E-state index in [1.807, 2.05) is 0 Å². The number of carbonyl (C=O) groups is 1. The van der Waals surface area contributed by atoms with Crippen LogP contribution in [0.15, 0.2) is 18.3 Å². The van der Waals surface area contributed by atoms with E-state index in [9.17, 15) is 4.79 Å². The van der Waals surface area contributed by atoms with Gasteiger partial charge in [-0.05, 0) is 37.8 Å². The Morgan fingerprint density at radius 2 is 2.06 bits per heavy atom. The van der Waals surface area contributed by atoms with Gasteiger partial charge in [0.15, 0.2) is 0 Å². The van der Waals surface area contributed by atoms with Gasteiger partial charge in [-0.2, -0.15) is 0 Å². The summed E-state index contributed by atoms with van der Waals surface area (Å²) in [6.45, 7) is 1.70. The smallest absolute Gasteiger partial charge is 0.222 e. The Bertz CT molecular complexity index is 418. The van der Waals surface area contributed by atoms with Crippen LogP contribution in [-0.2, 0) is 17.9 Å². The van der Waals surface area contributed by atoms with Gasteiger partial charge in [-0.15, -0.1) is 0 Å². The number of rotatable bonds is 7. The Balaban J connectivity index is 1.45. The van der Waals surface area contributed by atoms with Gasteiger partial charge in [-0.25, -0.2) is 0 Å². The number of aryl methyl sites for hydroxylation is 1. The van der Waals surface area contributed by atoms with Crippen LogP contribution in [0.4, 0.5) is 0 Å². The molecule has 0 radical (unpaired) electrons. The summed E-state index contributed by atoms with van der Waals surface area (Å²) in [6, 6.07) is 5.39. The summed E-state index contributed by atoms with van der Waals surface area (Å²) < 4.78 is 2.18. The van der Waals surface area contributed by atoms with E-state index in [0.29, 0.717) is 12.5 Å². The van der Waals surface area contributed by atoms with E-state index in [1.54, 1.807) is 0 Å². The largest absolute Gasteiger partial charge is 0.353 e. The average Bonchev–Trinajstić information content (AvgIpc) is 3.27. The lowest BCUT2D eigenvalue weighted by Gasteiger charge is -2.10. The summed E-state index contributed by atoms with van der Waals surface area (Å²) in [5.41, 5.74) is 1.28. The summed E-state index contributed by atoms with van der Waals surface area (Å²) in [6.07, 6.45) is 7.59. The van der Waals surface area contributed by atoms with Crippen LogP contribution < -0.4 is 10.6 Å². The van der Waals surface area contributed by atoms with E-state index in [-0.39, 0.29) is 5.91 Å². The van der Waals surface area contributed by atoms with Crippen molar-refractivity contribution in [2.45, 2.75) is 57.3 Å². The SMILES string of the molecule is O=C(CCn1cccc1CNC1CC1)NC1CC1. The Morgan fingerprint density at radius 3 is 2.78 bits per heavy atom. The van der Waals surface area contributed by atoms with Crippen molar-refractivity contribution in [2.24, 2.45) is 0 Å². The normalized spacial score (nSPS) is 18.9. The minimum atomic E-state index is 0.187. The van der Waals surface area contributed by atoms with Crippen molar-refractivity contribution in [3.8, 4) is 0 Å². The van der Waals surface area contributed by atoms with E-state index in [2.05, 4.69) is 33.5 Å². The van der Waals surface area contributed by atoms with Crippen LogP contribution >= 0.6 is 0 Å². The lowest BCUT2D eigenvalue weighted by atomic mass is 10.3. The number of carbonyl (C=O) groups excluding carboxylic acids is 1. The number of amides is 1. The van der Waals surface area contributed by atoms with Crippen molar-refractivity contribution in [1.82, 2.24) is 15.2 Å². The fourth-order valence-corrected chi connectivity index (χ4v) is 2.11. The van der Waals surface area contributed by atoms with E-state index in [0.717, 1.165) is 32.0 Å². The molecule has 4 nitrogen and oxygen atoms in total. The maximum absolute atomic E-state index is 11.6. The molecule has 2 N–H and O–H groups in total. The first-order chi connectivity index (χ1) is 8.81. The van der Waals surface area contributed by atoms with Gasteiger partial charge in [0.1, 0.15) is 0 Å². The van der Waals surface area contributed by atoms with Crippen molar-refractivity contribution in [1.29, 1.82) is 0 Å². The van der Waals surface area contributed by atoms with Crippen molar-refractivity contribution in [3.05, 3.63) is 24.0 Å². The predicted octanol–water partition coefficient (Wildman–Crippen LogP) is 1.41. The number of nitrogens with zero attached hydrogens (tertiary/aromatic N) is 1. The molecule has 0 aromatic carbocycles. The maximum atomic E-state index is 11.6. The highest BCUT2D eigenvalue weighted by Crippen LogP contribution is 2.20. The number of hydrogen-bond acceptors (Lipinski definition) is 2. The standard InChI is InChI=1S/C14H21N3O/c18-14(16-12-5-6-12)7-9-17-8-1-2-13(17)10-15-11-3-4-11/h1-2,8,11-12,15H,3-7,9-10H2,(H,16,18). The molecule has 1 aromatic rings. The van der Waals surface area contributed by atoms with E-state index in [1.165, 1.54) is 18.5 Å². The third kappa shape index (κ3) is 3.35. The topological polar surface area (TPSA) is 46.1 Å². The maximum Gasteiger partial charge on any atom is 0.222 e. The van der Waals surface area contributed by atoms with E-state index in [4.69, 9.17) is 0 Å². The number of nitrogens with one attached hydrogen (secondary N) is 2. The van der Waals surface area contributed by atoms with Gasteiger partial charge in [0.25, 0.3) is 0 Å². The molecule has 2 aliphatic carbocycles. The fraction of sp³-hybridized carbons (Fsp3) is 0.643. The second-order valence-electron chi connectivity index (χ2n) is 5.44. The van der Waals surface area contributed by atoms with Crippen molar-refractivity contribution >= 4 is 5.91 Å². The van der Waals surface area contributed by atoms with Gasteiger partial charge >= 0.3 is 0 Å². The predicted molar refractivity (Wildman–Crippen MR) is 70.1 cm³/mol. The Labute approximate surface area is 108 Å². The van der Waals surface area contributed by atoms with Crippen LogP contribution in [0.1, 0.15) is 37.8 Å². The molecule has 98 valence electrons. The van der Waals surface area contributed by atoms with E-state index < -0.39 is 0 Å². The van der Waals surface area contributed by atoms with Gasteiger partial charge in [-0.1, -0.05) is 0 Å². The number of hydrogen-bond donors (Lipinski definition) is 2. The molecule has 0 atom stereocenters. The molecule has 0 bridgehead atoms. The Kier molecular flexibility index (Phi) is 3.37. The van der Waals surface area contributed by atoms with Gasteiger partial charge < -0.3 is 15.2 Å². The van der Waals surface area contributed by atoms with Crippen LogP contribution in [-0.4, -0.2) is 22.6 Å². The van der Waals surface area contributed by atoms with Crippen LogP contribution in [0.2, 0.25) is 0 Å². The van der Waals surface area contributed by atoms with Gasteiger partial charge in [0.2, 0.25) is 5.91 Å². The molecular weight excluding hydrogens is 226 g/mol. The molecule has 0 spiro atoms. The minimum absolute atomic E-state index is 0.187. The first-order valence-electron chi connectivity index (χ1n) is 6.98. The highest BCUT2D eigenvalue weighted by atomic mass is 16.1. The van der Waals surface area contributed by atoms with Crippen molar-refractivity contribution in [2.75, 3.05) is 0 Å². The third-order valence-electron chi connectivity index (χ3n) is 3.59. The van der Waals surface area contributed by atoms with Gasteiger partial charge in [0.05, 0.1) is 0 Å². The van der Waals surface area contributed by atoms with Gasteiger partial charge in [0, 0.05) is 43.5 Å². The van der Waals surface area contributed by atoms with E-state index >= 15 is 0 Å². The molecule has 2 aliphatic rings. The molecule has 1 aromatic heterocycles. The molecule has 1 amide bonds. The summed E-state index contributed by atoms with van der Waals surface area (Å²) >= 11 is 0. The second-order valence-corrected chi connectivity index (χ2v) is 5.44. The summed E-state index contributed by atoms with van der Waals surface area (Å²) in [4.78, 5) is 11.6. The highest BCUT2D eigenvalue weighted by Gasteiger charge is 2.23. The molecule has 2 saturated carbocycles. The monoisotopic (exact) mass is 247 g/mol. The lowest BCUT2D eigenvalue weighted by molar-refractivity contribution is -0.121. The third-order valence-corrected chi connectivity index (χ3v) is 3.59. The zero-order valence-electron chi connectivity index (χ0n) is 10.7. The van der Waals surface area contributed by atoms with Crippen LogP contribution in [0.3, 0.4) is 0 Å². The van der Waals surface area contributed by atoms with Crippen LogP contribution in [0.5, 0.6) is 0 Å². The summed E-state index contributed by atoms with van der Waals surface area (Å²) in [5, 5.41) is 6.54. The molecule has 3 rings (SSSR count). The Hall–Kier alpha value is -1.29.